The van der Waals surface area contributed by atoms with Crippen LogP contribution in [0.2, 0.25) is 0 Å². The Bertz CT molecular complexity index is 341. The molecule has 1 N–H and O–H groups in total. The van der Waals surface area contributed by atoms with Gasteiger partial charge in [-0.2, -0.15) is 0 Å². The summed E-state index contributed by atoms with van der Waals surface area (Å²) in [6.45, 7) is 9.60. The standard InChI is InChI=1S/C16H27NO2/c1-16(2,3)9-10-18-11-12-19-15-7-5-14(6-8-15)13-17-4/h5-8,17H,9-13H2,1-4H3. The van der Waals surface area contributed by atoms with Crippen LogP contribution in [0.5, 0.6) is 5.75 Å². The number of hydrogen-bond acceptors (Lipinski definition) is 3. The van der Waals surface area contributed by atoms with Gasteiger partial charge in [0.05, 0.1) is 6.61 Å². The zero-order valence-corrected chi connectivity index (χ0v) is 12.7. The van der Waals surface area contributed by atoms with Crippen LogP contribution in [0.25, 0.3) is 0 Å². The fourth-order valence-electron chi connectivity index (χ4n) is 1.61. The van der Waals surface area contributed by atoms with Crippen molar-refractivity contribution in [2.24, 2.45) is 5.41 Å². The predicted molar refractivity (Wildman–Crippen MR) is 79.6 cm³/mol. The van der Waals surface area contributed by atoms with Crippen LogP contribution in [0, 0.1) is 5.41 Å². The molecule has 0 aromatic heterocycles. The lowest BCUT2D eigenvalue weighted by atomic mass is 9.93. The molecule has 0 fully saturated rings. The molecule has 0 atom stereocenters. The van der Waals surface area contributed by atoms with Gasteiger partial charge in [0.15, 0.2) is 0 Å². The van der Waals surface area contributed by atoms with Gasteiger partial charge < -0.3 is 14.8 Å². The lowest BCUT2D eigenvalue weighted by Gasteiger charge is -2.17. The molecule has 1 rings (SSSR count). The van der Waals surface area contributed by atoms with E-state index in [0.29, 0.717) is 18.6 Å². The minimum atomic E-state index is 0.337. The lowest BCUT2D eigenvalue weighted by molar-refractivity contribution is 0.0818. The molecular formula is C16H27NO2. The molecular weight excluding hydrogens is 238 g/mol. The van der Waals surface area contributed by atoms with E-state index in [-0.39, 0.29) is 0 Å². The van der Waals surface area contributed by atoms with Crippen LogP contribution in [0.1, 0.15) is 32.8 Å². The molecule has 0 aliphatic heterocycles. The zero-order chi connectivity index (χ0) is 14.1. The first-order chi connectivity index (χ1) is 9.01. The van der Waals surface area contributed by atoms with Crippen LogP contribution in [-0.4, -0.2) is 26.9 Å². The van der Waals surface area contributed by atoms with E-state index in [2.05, 4.69) is 38.2 Å². The van der Waals surface area contributed by atoms with Gasteiger partial charge in [-0.3, -0.25) is 0 Å². The molecule has 0 saturated heterocycles. The number of ether oxygens (including phenoxy) is 2. The molecule has 1 aromatic rings. The third-order valence-electron chi connectivity index (χ3n) is 2.80. The van der Waals surface area contributed by atoms with Crippen molar-refractivity contribution in [1.82, 2.24) is 5.32 Å². The summed E-state index contributed by atoms with van der Waals surface area (Å²) in [6.07, 6.45) is 1.08. The summed E-state index contributed by atoms with van der Waals surface area (Å²) in [6, 6.07) is 8.16. The molecule has 3 nitrogen and oxygen atoms in total. The Kier molecular flexibility index (Phi) is 6.89. The van der Waals surface area contributed by atoms with Gasteiger partial charge in [0.1, 0.15) is 12.4 Å². The largest absolute Gasteiger partial charge is 0.491 e. The summed E-state index contributed by atoms with van der Waals surface area (Å²) in [5.74, 6) is 0.902. The topological polar surface area (TPSA) is 30.5 Å². The highest BCUT2D eigenvalue weighted by molar-refractivity contribution is 5.27. The maximum atomic E-state index is 5.63. The molecule has 0 aliphatic carbocycles. The Morgan fingerprint density at radius 2 is 1.68 bits per heavy atom. The summed E-state index contributed by atoms with van der Waals surface area (Å²) < 4.78 is 11.2. The molecule has 0 heterocycles. The van der Waals surface area contributed by atoms with Crippen molar-refractivity contribution in [2.75, 3.05) is 26.9 Å². The Morgan fingerprint density at radius 1 is 1.00 bits per heavy atom. The van der Waals surface area contributed by atoms with Crippen molar-refractivity contribution in [1.29, 1.82) is 0 Å². The number of rotatable bonds is 8. The molecule has 3 heteroatoms. The van der Waals surface area contributed by atoms with E-state index in [9.17, 15) is 0 Å². The molecule has 0 spiro atoms. The summed E-state index contributed by atoms with van der Waals surface area (Å²) in [5, 5.41) is 3.12. The van der Waals surface area contributed by atoms with E-state index in [1.807, 2.05) is 19.2 Å². The van der Waals surface area contributed by atoms with Gasteiger partial charge in [-0.25, -0.2) is 0 Å². The third-order valence-corrected chi connectivity index (χ3v) is 2.80. The van der Waals surface area contributed by atoms with Gasteiger partial charge in [0.25, 0.3) is 0 Å². The molecule has 0 radical (unpaired) electrons. The summed E-state index contributed by atoms with van der Waals surface area (Å²) in [5.41, 5.74) is 1.60. The monoisotopic (exact) mass is 265 g/mol. The minimum Gasteiger partial charge on any atom is -0.491 e. The van der Waals surface area contributed by atoms with Crippen molar-refractivity contribution in [2.45, 2.75) is 33.7 Å². The van der Waals surface area contributed by atoms with Crippen LogP contribution >= 0.6 is 0 Å². The smallest absolute Gasteiger partial charge is 0.119 e. The maximum Gasteiger partial charge on any atom is 0.119 e. The normalized spacial score (nSPS) is 11.6. The SMILES string of the molecule is CNCc1ccc(OCCOCCC(C)(C)C)cc1. The highest BCUT2D eigenvalue weighted by Gasteiger charge is 2.08. The predicted octanol–water partition coefficient (Wildman–Crippen LogP) is 3.24. The average Bonchev–Trinajstić information content (AvgIpc) is 2.35. The first-order valence-electron chi connectivity index (χ1n) is 6.95. The second-order valence-corrected chi connectivity index (χ2v) is 5.95. The van der Waals surface area contributed by atoms with Crippen LogP contribution in [0.4, 0.5) is 0 Å². The Labute approximate surface area is 117 Å². The van der Waals surface area contributed by atoms with Crippen molar-refractivity contribution in [3.05, 3.63) is 29.8 Å². The van der Waals surface area contributed by atoms with E-state index in [4.69, 9.17) is 9.47 Å². The van der Waals surface area contributed by atoms with Gasteiger partial charge in [-0.1, -0.05) is 32.9 Å². The zero-order valence-electron chi connectivity index (χ0n) is 12.7. The van der Waals surface area contributed by atoms with Gasteiger partial charge in [0.2, 0.25) is 0 Å². The maximum absolute atomic E-state index is 5.63. The Balaban J connectivity index is 2.12. The summed E-state index contributed by atoms with van der Waals surface area (Å²) in [7, 11) is 1.94. The molecule has 0 aliphatic rings. The summed E-state index contributed by atoms with van der Waals surface area (Å²) >= 11 is 0. The van der Waals surface area contributed by atoms with Crippen molar-refractivity contribution < 1.29 is 9.47 Å². The van der Waals surface area contributed by atoms with E-state index < -0.39 is 0 Å². The molecule has 0 unspecified atom stereocenters. The lowest BCUT2D eigenvalue weighted by Crippen LogP contribution is -2.13. The van der Waals surface area contributed by atoms with Crippen LogP contribution < -0.4 is 10.1 Å². The molecule has 0 saturated carbocycles. The second kappa shape index (κ2) is 8.18. The minimum absolute atomic E-state index is 0.337. The fraction of sp³-hybridized carbons (Fsp3) is 0.625. The molecule has 1 aromatic carbocycles. The van der Waals surface area contributed by atoms with Gasteiger partial charge >= 0.3 is 0 Å². The first kappa shape index (κ1) is 16.0. The van der Waals surface area contributed by atoms with E-state index >= 15 is 0 Å². The highest BCUT2D eigenvalue weighted by atomic mass is 16.5. The first-order valence-corrected chi connectivity index (χ1v) is 6.95. The number of benzene rings is 1. The van der Waals surface area contributed by atoms with Crippen molar-refractivity contribution in [3.8, 4) is 5.75 Å². The third kappa shape index (κ3) is 7.85. The van der Waals surface area contributed by atoms with E-state index in [0.717, 1.165) is 25.3 Å². The van der Waals surface area contributed by atoms with Crippen molar-refractivity contribution >= 4 is 0 Å². The Hall–Kier alpha value is -1.06. The fourth-order valence-corrected chi connectivity index (χ4v) is 1.61. The highest BCUT2D eigenvalue weighted by Crippen LogP contribution is 2.17. The van der Waals surface area contributed by atoms with E-state index in [1.54, 1.807) is 0 Å². The van der Waals surface area contributed by atoms with Gasteiger partial charge in [-0.15, -0.1) is 0 Å². The second-order valence-electron chi connectivity index (χ2n) is 5.95. The Morgan fingerprint density at radius 3 is 2.26 bits per heavy atom. The van der Waals surface area contributed by atoms with Gasteiger partial charge in [-0.05, 0) is 36.6 Å². The number of nitrogens with one attached hydrogen (secondary N) is 1. The molecule has 108 valence electrons. The van der Waals surface area contributed by atoms with Crippen LogP contribution in [-0.2, 0) is 11.3 Å². The molecule has 19 heavy (non-hydrogen) atoms. The quantitative estimate of drug-likeness (QED) is 0.732. The van der Waals surface area contributed by atoms with Gasteiger partial charge in [0, 0.05) is 13.2 Å². The number of hydrogen-bond donors (Lipinski definition) is 1. The molecule has 0 bridgehead atoms. The van der Waals surface area contributed by atoms with Crippen LogP contribution in [0.3, 0.4) is 0 Å². The molecule has 0 amide bonds. The average molecular weight is 265 g/mol. The van der Waals surface area contributed by atoms with Crippen LogP contribution in [0.15, 0.2) is 24.3 Å². The van der Waals surface area contributed by atoms with Crippen molar-refractivity contribution in [3.63, 3.8) is 0 Å². The summed E-state index contributed by atoms with van der Waals surface area (Å²) in [4.78, 5) is 0. The van der Waals surface area contributed by atoms with E-state index in [1.165, 1.54) is 5.56 Å².